The van der Waals surface area contributed by atoms with Crippen molar-refractivity contribution in [3.63, 3.8) is 0 Å². The molecule has 0 saturated carbocycles. The normalized spacial score (nSPS) is 14.2. The molecule has 0 aliphatic heterocycles. The van der Waals surface area contributed by atoms with Gasteiger partial charge in [0.2, 0.25) is 17.5 Å². The van der Waals surface area contributed by atoms with Crippen LogP contribution in [0.3, 0.4) is 0 Å². The molecule has 1 N–H and O–H groups in total. The molecule has 0 radical (unpaired) electrons. The van der Waals surface area contributed by atoms with E-state index in [9.17, 15) is 41.1 Å². The SMILES string of the molecule is COc1ccc([C@H](NC(=O)[C@H](C)CC(=O)C(F)(F)c2cc(Cl)ccc2Cl)C(=O)C[C@H](C(=O)C(F)(F)F)C(C)C)cc1. The number of amides is 1. The fourth-order valence-electron chi connectivity index (χ4n) is 3.99. The quantitative estimate of drug-likeness (QED) is 0.245. The molecular formula is C28H28Cl2F5NO5. The summed E-state index contributed by atoms with van der Waals surface area (Å²) in [6, 6.07) is 7.26. The first-order valence-corrected chi connectivity index (χ1v) is 13.1. The fourth-order valence-corrected chi connectivity index (χ4v) is 4.40. The van der Waals surface area contributed by atoms with E-state index >= 15 is 0 Å². The molecule has 6 nitrogen and oxygen atoms in total. The van der Waals surface area contributed by atoms with Crippen molar-refractivity contribution in [2.45, 2.75) is 51.8 Å². The van der Waals surface area contributed by atoms with Crippen molar-refractivity contribution >= 4 is 46.5 Å². The molecule has 3 atom stereocenters. The second kappa shape index (κ2) is 13.7. The Morgan fingerprint density at radius 1 is 0.902 bits per heavy atom. The van der Waals surface area contributed by atoms with Crippen LogP contribution in [0.4, 0.5) is 22.0 Å². The Morgan fingerprint density at radius 2 is 1.49 bits per heavy atom. The lowest BCUT2D eigenvalue weighted by atomic mass is 9.84. The fraction of sp³-hybridized carbons (Fsp3) is 0.429. The van der Waals surface area contributed by atoms with E-state index in [-0.39, 0.29) is 10.6 Å². The zero-order chi connectivity index (χ0) is 31.3. The van der Waals surface area contributed by atoms with Crippen LogP contribution in [0.5, 0.6) is 5.75 Å². The second-order valence-electron chi connectivity index (χ2n) is 9.82. The maximum atomic E-state index is 14.9. The minimum atomic E-state index is -5.18. The van der Waals surface area contributed by atoms with E-state index in [4.69, 9.17) is 27.9 Å². The summed E-state index contributed by atoms with van der Waals surface area (Å²) in [4.78, 5) is 50.8. The molecule has 224 valence electrons. The van der Waals surface area contributed by atoms with Crippen molar-refractivity contribution in [2.24, 2.45) is 17.8 Å². The first kappa shape index (κ1) is 34.2. The number of nitrogens with one attached hydrogen (secondary N) is 1. The Morgan fingerprint density at radius 3 is 2.00 bits per heavy atom. The summed E-state index contributed by atoms with van der Waals surface area (Å²) < 4.78 is 74.4. The van der Waals surface area contributed by atoms with Gasteiger partial charge in [0.25, 0.3) is 0 Å². The van der Waals surface area contributed by atoms with Crippen LogP contribution in [0.25, 0.3) is 0 Å². The topological polar surface area (TPSA) is 89.5 Å². The number of benzene rings is 2. The lowest BCUT2D eigenvalue weighted by molar-refractivity contribution is -0.177. The van der Waals surface area contributed by atoms with Crippen molar-refractivity contribution in [2.75, 3.05) is 7.11 Å². The first-order valence-electron chi connectivity index (χ1n) is 12.3. The van der Waals surface area contributed by atoms with Gasteiger partial charge in [0.15, 0.2) is 5.78 Å². The van der Waals surface area contributed by atoms with Gasteiger partial charge in [-0.2, -0.15) is 22.0 Å². The average molecular weight is 624 g/mol. The molecule has 0 aliphatic carbocycles. The third kappa shape index (κ3) is 8.72. The molecule has 41 heavy (non-hydrogen) atoms. The Hall–Kier alpha value is -3.05. The second-order valence-corrected chi connectivity index (χ2v) is 10.7. The van der Waals surface area contributed by atoms with Gasteiger partial charge in [-0.15, -0.1) is 0 Å². The number of alkyl halides is 5. The number of ether oxygens (including phenoxy) is 1. The number of ketones is 3. The molecule has 1 amide bonds. The molecule has 0 heterocycles. The number of hydrogen-bond donors (Lipinski definition) is 1. The Kier molecular flexibility index (Phi) is 11.4. The molecule has 0 bridgehead atoms. The molecule has 13 heteroatoms. The number of hydrogen-bond acceptors (Lipinski definition) is 5. The Labute approximate surface area is 243 Å². The molecular weight excluding hydrogens is 596 g/mol. The summed E-state index contributed by atoms with van der Waals surface area (Å²) in [7, 11) is 1.38. The van der Waals surface area contributed by atoms with Gasteiger partial charge in [0, 0.05) is 35.3 Å². The highest BCUT2D eigenvalue weighted by Crippen LogP contribution is 2.37. The zero-order valence-electron chi connectivity index (χ0n) is 22.5. The van der Waals surface area contributed by atoms with Gasteiger partial charge >= 0.3 is 12.1 Å². The third-order valence-electron chi connectivity index (χ3n) is 6.46. The van der Waals surface area contributed by atoms with E-state index in [1.165, 1.54) is 58.2 Å². The highest BCUT2D eigenvalue weighted by atomic mass is 35.5. The standard InChI is InChI=1S/C28H28Cl2F5NO5/c1-14(2)19(25(39)28(33,34)35)13-22(37)24(16-5-8-18(41-4)9-6-16)36-26(40)15(3)11-23(38)27(31,32)20-12-17(29)7-10-21(20)30/h5-10,12,14-15,19,24H,11,13H2,1-4H3,(H,36,40)/t15-,19+,24+/m1/s1. The van der Waals surface area contributed by atoms with Gasteiger partial charge in [-0.1, -0.05) is 56.1 Å². The van der Waals surface area contributed by atoms with Crippen molar-refractivity contribution in [1.29, 1.82) is 0 Å². The van der Waals surface area contributed by atoms with E-state index in [1.807, 2.05) is 0 Å². The van der Waals surface area contributed by atoms with E-state index in [0.29, 0.717) is 5.75 Å². The molecule has 0 aromatic heterocycles. The van der Waals surface area contributed by atoms with Crippen LogP contribution < -0.4 is 10.1 Å². The van der Waals surface area contributed by atoms with Crippen LogP contribution in [-0.4, -0.2) is 36.5 Å². The van der Waals surface area contributed by atoms with Gasteiger partial charge in [-0.3, -0.25) is 19.2 Å². The predicted octanol–water partition coefficient (Wildman–Crippen LogP) is 6.91. The zero-order valence-corrected chi connectivity index (χ0v) is 24.0. The minimum Gasteiger partial charge on any atom is -0.497 e. The van der Waals surface area contributed by atoms with Gasteiger partial charge < -0.3 is 10.1 Å². The summed E-state index contributed by atoms with van der Waals surface area (Å²) in [6.07, 6.45) is -7.00. The van der Waals surface area contributed by atoms with Crippen LogP contribution in [0.2, 0.25) is 10.0 Å². The first-order chi connectivity index (χ1) is 18.9. The summed E-state index contributed by atoms with van der Waals surface area (Å²) in [6.45, 7) is 3.87. The predicted molar refractivity (Wildman–Crippen MR) is 142 cm³/mol. The van der Waals surface area contributed by atoms with Crippen LogP contribution in [0.1, 0.15) is 50.8 Å². The Balaban J connectivity index is 2.31. The molecule has 0 fully saturated rings. The van der Waals surface area contributed by atoms with Crippen LogP contribution in [0.15, 0.2) is 42.5 Å². The summed E-state index contributed by atoms with van der Waals surface area (Å²) in [5.41, 5.74) is -0.703. The molecule has 2 aromatic rings. The lowest BCUT2D eigenvalue weighted by Crippen LogP contribution is -2.41. The monoisotopic (exact) mass is 623 g/mol. The van der Waals surface area contributed by atoms with Crippen LogP contribution >= 0.6 is 23.2 Å². The van der Waals surface area contributed by atoms with Gasteiger partial charge in [-0.25, -0.2) is 0 Å². The van der Waals surface area contributed by atoms with Crippen LogP contribution in [-0.2, 0) is 25.1 Å². The van der Waals surface area contributed by atoms with E-state index in [1.54, 1.807) is 0 Å². The maximum Gasteiger partial charge on any atom is 0.450 e. The van der Waals surface area contributed by atoms with E-state index in [0.717, 1.165) is 12.1 Å². The van der Waals surface area contributed by atoms with Crippen molar-refractivity contribution in [3.8, 4) is 5.75 Å². The highest BCUT2D eigenvalue weighted by Gasteiger charge is 2.46. The lowest BCUT2D eigenvalue weighted by Gasteiger charge is -2.25. The minimum absolute atomic E-state index is 0.0905. The molecule has 0 aliphatic rings. The average Bonchev–Trinajstić information content (AvgIpc) is 2.90. The number of rotatable bonds is 13. The van der Waals surface area contributed by atoms with Crippen molar-refractivity contribution in [1.82, 2.24) is 5.32 Å². The van der Waals surface area contributed by atoms with Gasteiger partial charge in [0.1, 0.15) is 11.8 Å². The maximum absolute atomic E-state index is 14.9. The van der Waals surface area contributed by atoms with Crippen LogP contribution in [0, 0.1) is 17.8 Å². The summed E-state index contributed by atoms with van der Waals surface area (Å²) >= 11 is 11.6. The number of carbonyl (C=O) groups excluding carboxylic acids is 4. The largest absolute Gasteiger partial charge is 0.497 e. The van der Waals surface area contributed by atoms with Gasteiger partial charge in [-0.05, 0) is 41.8 Å². The molecule has 0 spiro atoms. The third-order valence-corrected chi connectivity index (χ3v) is 7.02. The highest BCUT2D eigenvalue weighted by molar-refractivity contribution is 6.33. The number of methoxy groups -OCH3 is 1. The molecule has 0 saturated heterocycles. The number of carbonyl (C=O) groups is 4. The van der Waals surface area contributed by atoms with Gasteiger partial charge in [0.05, 0.1) is 12.1 Å². The molecule has 2 aromatic carbocycles. The summed E-state index contributed by atoms with van der Waals surface area (Å²) in [5, 5.41) is 1.84. The smallest absolute Gasteiger partial charge is 0.450 e. The molecule has 2 rings (SSSR count). The summed E-state index contributed by atoms with van der Waals surface area (Å²) in [5.74, 6) is -13.3. The molecule has 0 unspecified atom stereocenters. The van der Waals surface area contributed by atoms with E-state index < -0.39 is 82.6 Å². The van der Waals surface area contributed by atoms with Crippen molar-refractivity contribution < 1.29 is 45.9 Å². The van der Waals surface area contributed by atoms with E-state index in [2.05, 4.69) is 5.32 Å². The van der Waals surface area contributed by atoms with Crippen molar-refractivity contribution in [3.05, 3.63) is 63.6 Å². The number of Topliss-reactive ketones (excluding diaryl/α,β-unsaturated/α-hetero) is 3. The Bertz CT molecular complexity index is 1280. The number of halogens is 7.